The number of esters is 1. The molecule has 0 fully saturated rings. The van der Waals surface area contributed by atoms with E-state index in [0.717, 1.165) is 4.31 Å². The van der Waals surface area contributed by atoms with Crippen molar-refractivity contribution < 1.29 is 31.9 Å². The van der Waals surface area contributed by atoms with E-state index in [2.05, 4.69) is 5.32 Å². The van der Waals surface area contributed by atoms with Crippen molar-refractivity contribution in [2.75, 3.05) is 33.1 Å². The van der Waals surface area contributed by atoms with Gasteiger partial charge in [0.15, 0.2) is 6.61 Å². The van der Waals surface area contributed by atoms with E-state index in [0.29, 0.717) is 5.76 Å². The first-order valence-electron chi connectivity index (χ1n) is 7.78. The summed E-state index contributed by atoms with van der Waals surface area (Å²) in [6, 6.07) is 5.50. The maximum Gasteiger partial charge on any atom is 0.342 e. The monoisotopic (exact) mass is 396 g/mol. The molecule has 1 aromatic heterocycles. The van der Waals surface area contributed by atoms with Crippen LogP contribution in [0.2, 0.25) is 0 Å². The number of anilines is 1. The molecule has 27 heavy (non-hydrogen) atoms. The molecule has 1 amide bonds. The van der Waals surface area contributed by atoms with E-state index in [1.165, 1.54) is 51.7 Å². The second kappa shape index (κ2) is 8.23. The van der Waals surface area contributed by atoms with E-state index in [-0.39, 0.29) is 21.9 Å². The zero-order valence-corrected chi connectivity index (χ0v) is 16.1. The molecule has 9 nitrogen and oxygen atoms in total. The van der Waals surface area contributed by atoms with Crippen LogP contribution in [0.15, 0.2) is 39.8 Å². The van der Waals surface area contributed by atoms with Crippen molar-refractivity contribution in [1.82, 2.24) is 4.31 Å². The second-order valence-corrected chi connectivity index (χ2v) is 7.82. The van der Waals surface area contributed by atoms with Crippen LogP contribution in [-0.2, 0) is 19.6 Å². The van der Waals surface area contributed by atoms with Crippen molar-refractivity contribution >= 4 is 27.6 Å². The number of carbonyl (C=O) groups excluding carboxylic acids is 2. The van der Waals surface area contributed by atoms with Crippen LogP contribution in [0, 0.1) is 6.92 Å². The maximum absolute atomic E-state index is 12.2. The Kier molecular flexibility index (Phi) is 6.24. The highest BCUT2D eigenvalue weighted by molar-refractivity contribution is 7.89. The van der Waals surface area contributed by atoms with Crippen LogP contribution in [0.3, 0.4) is 0 Å². The molecule has 0 aliphatic heterocycles. The molecule has 0 unspecified atom stereocenters. The molecule has 1 N–H and O–H groups in total. The Morgan fingerprint density at radius 2 is 1.93 bits per heavy atom. The lowest BCUT2D eigenvalue weighted by molar-refractivity contribution is -0.119. The Bertz CT molecular complexity index is 948. The molecule has 146 valence electrons. The number of carbonyl (C=O) groups is 2. The number of amides is 1. The van der Waals surface area contributed by atoms with Gasteiger partial charge in [-0.2, -0.15) is 0 Å². The number of hydrogen-bond acceptors (Lipinski definition) is 7. The normalized spacial score (nSPS) is 11.3. The van der Waals surface area contributed by atoms with Gasteiger partial charge < -0.3 is 19.2 Å². The molecule has 0 saturated carbocycles. The molecule has 2 aromatic rings. The van der Waals surface area contributed by atoms with Crippen molar-refractivity contribution in [2.24, 2.45) is 0 Å². The summed E-state index contributed by atoms with van der Waals surface area (Å²) >= 11 is 0. The molecule has 2 rings (SSSR count). The maximum atomic E-state index is 12.2. The third-order valence-corrected chi connectivity index (χ3v) is 5.45. The van der Waals surface area contributed by atoms with Gasteiger partial charge in [0.25, 0.3) is 5.91 Å². The molecule has 10 heteroatoms. The molecule has 0 aliphatic rings. The number of ether oxygens (including phenoxy) is 2. The van der Waals surface area contributed by atoms with Crippen molar-refractivity contribution in [1.29, 1.82) is 0 Å². The Labute approximate surface area is 156 Å². The first-order chi connectivity index (χ1) is 12.7. The van der Waals surface area contributed by atoms with Gasteiger partial charge in [-0.05, 0) is 31.2 Å². The van der Waals surface area contributed by atoms with E-state index < -0.39 is 28.5 Å². The molecular weight excluding hydrogens is 376 g/mol. The Hall–Kier alpha value is -2.85. The van der Waals surface area contributed by atoms with Gasteiger partial charge in [-0.3, -0.25) is 4.79 Å². The summed E-state index contributed by atoms with van der Waals surface area (Å²) in [6.07, 6.45) is 1.34. The molecule has 0 spiro atoms. The first-order valence-corrected chi connectivity index (χ1v) is 9.22. The van der Waals surface area contributed by atoms with Gasteiger partial charge >= 0.3 is 5.97 Å². The van der Waals surface area contributed by atoms with Crippen LogP contribution in [0.25, 0.3) is 0 Å². The Morgan fingerprint density at radius 1 is 1.22 bits per heavy atom. The van der Waals surface area contributed by atoms with Crippen LogP contribution >= 0.6 is 0 Å². The summed E-state index contributed by atoms with van der Waals surface area (Å²) in [4.78, 5) is 24.0. The van der Waals surface area contributed by atoms with E-state index >= 15 is 0 Å². The zero-order chi connectivity index (χ0) is 20.2. The number of hydrogen-bond donors (Lipinski definition) is 1. The lowest BCUT2D eigenvalue weighted by atomic mass is 10.3. The number of rotatable bonds is 7. The molecular formula is C17H20N2O7S. The summed E-state index contributed by atoms with van der Waals surface area (Å²) in [5.41, 5.74) is 0.361. The molecule has 0 aliphatic carbocycles. The number of nitrogens with zero attached hydrogens (tertiary/aromatic N) is 1. The second-order valence-electron chi connectivity index (χ2n) is 5.66. The predicted molar refractivity (Wildman–Crippen MR) is 96.2 cm³/mol. The first kappa shape index (κ1) is 20.5. The average Bonchev–Trinajstić information content (AvgIpc) is 3.05. The minimum atomic E-state index is -3.69. The summed E-state index contributed by atoms with van der Waals surface area (Å²) in [7, 11) is 0.488. The number of furan rings is 1. The van der Waals surface area contributed by atoms with Crippen LogP contribution in [0.1, 0.15) is 16.1 Å². The Morgan fingerprint density at radius 3 is 2.48 bits per heavy atom. The van der Waals surface area contributed by atoms with Gasteiger partial charge in [-0.25, -0.2) is 17.5 Å². The number of aryl methyl sites for hydroxylation is 1. The van der Waals surface area contributed by atoms with E-state index in [9.17, 15) is 18.0 Å². The highest BCUT2D eigenvalue weighted by atomic mass is 32.2. The standard InChI is InChI=1S/C17H20N2O7S/c1-11-13(7-8-25-11)17(21)26-10-16(20)18-14-9-12(5-6-15(14)24-4)27(22,23)19(2)3/h5-9H,10H2,1-4H3,(H,18,20). The minimum absolute atomic E-state index is 0.0189. The lowest BCUT2D eigenvalue weighted by Crippen LogP contribution is -2.23. The molecule has 0 radical (unpaired) electrons. The molecule has 0 saturated heterocycles. The number of methoxy groups -OCH3 is 1. The van der Waals surface area contributed by atoms with Gasteiger partial charge in [0, 0.05) is 14.1 Å². The quantitative estimate of drug-likeness (QED) is 0.708. The van der Waals surface area contributed by atoms with Gasteiger partial charge in [0.05, 0.1) is 24.0 Å². The molecule has 0 bridgehead atoms. The molecule has 1 aromatic carbocycles. The highest BCUT2D eigenvalue weighted by Crippen LogP contribution is 2.28. The third kappa shape index (κ3) is 4.66. The zero-order valence-electron chi connectivity index (χ0n) is 15.3. The third-order valence-electron chi connectivity index (χ3n) is 3.64. The topological polar surface area (TPSA) is 115 Å². The lowest BCUT2D eigenvalue weighted by Gasteiger charge is -2.15. The fourth-order valence-electron chi connectivity index (χ4n) is 2.15. The molecule has 0 atom stereocenters. The summed E-state index contributed by atoms with van der Waals surface area (Å²) < 4.78 is 40.6. The summed E-state index contributed by atoms with van der Waals surface area (Å²) in [5, 5.41) is 2.48. The van der Waals surface area contributed by atoms with Crippen LogP contribution < -0.4 is 10.1 Å². The Balaban J connectivity index is 2.12. The van der Waals surface area contributed by atoms with Crippen LogP contribution in [0.4, 0.5) is 5.69 Å². The van der Waals surface area contributed by atoms with Gasteiger partial charge in [0.2, 0.25) is 10.0 Å². The van der Waals surface area contributed by atoms with Gasteiger partial charge in [0.1, 0.15) is 17.1 Å². The minimum Gasteiger partial charge on any atom is -0.495 e. The van der Waals surface area contributed by atoms with Crippen LogP contribution in [-0.4, -0.2) is 52.4 Å². The summed E-state index contributed by atoms with van der Waals surface area (Å²) in [5.74, 6) is -0.712. The van der Waals surface area contributed by atoms with Gasteiger partial charge in [-0.15, -0.1) is 0 Å². The van der Waals surface area contributed by atoms with Crippen molar-refractivity contribution in [2.45, 2.75) is 11.8 Å². The molecule has 1 heterocycles. The van der Waals surface area contributed by atoms with E-state index in [1.54, 1.807) is 6.92 Å². The summed E-state index contributed by atoms with van der Waals surface area (Å²) in [6.45, 7) is 1.04. The average molecular weight is 396 g/mol. The van der Waals surface area contributed by atoms with Crippen LogP contribution in [0.5, 0.6) is 5.75 Å². The number of sulfonamides is 1. The number of nitrogens with one attached hydrogen (secondary N) is 1. The fourth-order valence-corrected chi connectivity index (χ4v) is 3.08. The van der Waals surface area contributed by atoms with Crippen molar-refractivity contribution in [3.63, 3.8) is 0 Å². The van der Waals surface area contributed by atoms with E-state index in [1.807, 2.05) is 0 Å². The van der Waals surface area contributed by atoms with Crippen molar-refractivity contribution in [3.05, 3.63) is 41.9 Å². The predicted octanol–water partition coefficient (Wildman–Crippen LogP) is 1.64. The number of benzene rings is 1. The van der Waals surface area contributed by atoms with Crippen molar-refractivity contribution in [3.8, 4) is 5.75 Å². The highest BCUT2D eigenvalue weighted by Gasteiger charge is 2.20. The smallest absolute Gasteiger partial charge is 0.342 e. The van der Waals surface area contributed by atoms with Gasteiger partial charge in [-0.1, -0.05) is 0 Å². The fraction of sp³-hybridized carbons (Fsp3) is 0.294. The van der Waals surface area contributed by atoms with E-state index in [4.69, 9.17) is 13.9 Å². The SMILES string of the molecule is COc1ccc(S(=O)(=O)N(C)C)cc1NC(=O)COC(=O)c1ccoc1C. The largest absolute Gasteiger partial charge is 0.495 e.